The number of H-pyrrole nitrogens is 1. The van der Waals surface area contributed by atoms with Gasteiger partial charge in [-0.2, -0.15) is 10.1 Å². The van der Waals surface area contributed by atoms with Gasteiger partial charge in [-0.25, -0.2) is 4.98 Å². The van der Waals surface area contributed by atoms with Crippen LogP contribution in [-0.2, 0) is 6.54 Å². The maximum absolute atomic E-state index is 4.89. The maximum Gasteiger partial charge on any atom is 0.229 e. The Labute approximate surface area is 194 Å². The summed E-state index contributed by atoms with van der Waals surface area (Å²) in [6.07, 6.45) is 13.7. The van der Waals surface area contributed by atoms with E-state index in [0.717, 1.165) is 53.5 Å². The predicted molar refractivity (Wildman–Crippen MR) is 132 cm³/mol. The van der Waals surface area contributed by atoms with E-state index in [1.54, 1.807) is 0 Å². The van der Waals surface area contributed by atoms with Gasteiger partial charge < -0.3 is 15.6 Å². The van der Waals surface area contributed by atoms with Crippen LogP contribution in [-0.4, -0.2) is 37.8 Å². The molecule has 0 bridgehead atoms. The van der Waals surface area contributed by atoms with Crippen molar-refractivity contribution in [3.8, 4) is 11.3 Å². The van der Waals surface area contributed by atoms with Gasteiger partial charge in [0.25, 0.3) is 0 Å². The molecular formula is C26H31N7. The molecule has 4 aromatic rings. The molecule has 6 rings (SSSR count). The number of piperidine rings is 1. The minimum atomic E-state index is 0.595. The molecule has 1 saturated heterocycles. The highest BCUT2D eigenvalue weighted by Crippen LogP contribution is 2.30. The lowest BCUT2D eigenvalue weighted by Crippen LogP contribution is -2.26. The van der Waals surface area contributed by atoms with E-state index in [-0.39, 0.29) is 0 Å². The Kier molecular flexibility index (Phi) is 5.56. The van der Waals surface area contributed by atoms with Gasteiger partial charge in [0.2, 0.25) is 5.95 Å². The summed E-state index contributed by atoms with van der Waals surface area (Å²) in [5.74, 6) is 2.00. The molecule has 3 aromatic heterocycles. The third kappa shape index (κ3) is 4.37. The third-order valence-electron chi connectivity index (χ3n) is 7.22. The van der Waals surface area contributed by atoms with Crippen LogP contribution >= 0.6 is 0 Å². The maximum atomic E-state index is 4.89. The number of nitrogens with zero attached hydrogens (tertiary/aromatic N) is 4. The second kappa shape index (κ2) is 8.98. The molecule has 1 aliphatic heterocycles. The molecule has 2 fully saturated rings. The van der Waals surface area contributed by atoms with Crippen molar-refractivity contribution in [3.63, 3.8) is 0 Å². The highest BCUT2D eigenvalue weighted by molar-refractivity contribution is 5.91. The first-order valence-electron chi connectivity index (χ1n) is 12.3. The van der Waals surface area contributed by atoms with E-state index in [0.29, 0.717) is 11.9 Å². The molecule has 4 heterocycles. The number of aromatic nitrogens is 5. The standard InChI is InChI=1S/C26H31N7/c1-2-4-18(3-1)16-33-17-21(15-29-33)24-23-11-14-28-25(23)32-26(31-24)30-22-7-5-19(6-8-22)20-9-12-27-13-10-20/h5-8,11,14-15,17-18,20,27H,1-4,9-10,12-13,16H2,(H2,28,30,31,32). The van der Waals surface area contributed by atoms with Crippen molar-refractivity contribution in [2.75, 3.05) is 18.4 Å². The van der Waals surface area contributed by atoms with E-state index >= 15 is 0 Å². The molecular weight excluding hydrogens is 410 g/mol. The van der Waals surface area contributed by atoms with Crippen molar-refractivity contribution in [3.05, 3.63) is 54.5 Å². The molecule has 7 nitrogen and oxygen atoms in total. The van der Waals surface area contributed by atoms with E-state index in [9.17, 15) is 0 Å². The van der Waals surface area contributed by atoms with E-state index in [1.807, 2.05) is 18.5 Å². The fourth-order valence-corrected chi connectivity index (χ4v) is 5.38. The Morgan fingerprint density at radius 3 is 2.61 bits per heavy atom. The first kappa shape index (κ1) is 20.4. The van der Waals surface area contributed by atoms with Crippen LogP contribution in [0.1, 0.15) is 50.0 Å². The van der Waals surface area contributed by atoms with Gasteiger partial charge in [-0.15, -0.1) is 0 Å². The number of nitrogens with one attached hydrogen (secondary N) is 3. The summed E-state index contributed by atoms with van der Waals surface area (Å²) in [6, 6.07) is 10.8. The number of fused-ring (bicyclic) bond motifs is 1. The van der Waals surface area contributed by atoms with Gasteiger partial charge in [0.15, 0.2) is 0 Å². The van der Waals surface area contributed by atoms with Gasteiger partial charge in [-0.3, -0.25) is 4.68 Å². The van der Waals surface area contributed by atoms with Crippen molar-refractivity contribution in [1.29, 1.82) is 0 Å². The molecule has 0 unspecified atom stereocenters. The first-order chi connectivity index (χ1) is 16.3. The zero-order valence-electron chi connectivity index (χ0n) is 18.9. The summed E-state index contributed by atoms with van der Waals surface area (Å²) < 4.78 is 2.08. The molecule has 33 heavy (non-hydrogen) atoms. The number of aromatic amines is 1. The largest absolute Gasteiger partial charge is 0.346 e. The van der Waals surface area contributed by atoms with Crippen LogP contribution in [0.25, 0.3) is 22.3 Å². The molecule has 170 valence electrons. The number of anilines is 2. The van der Waals surface area contributed by atoms with Gasteiger partial charge in [-0.05, 0) is 74.4 Å². The molecule has 1 aromatic carbocycles. The van der Waals surface area contributed by atoms with Crippen LogP contribution in [0.5, 0.6) is 0 Å². The Balaban J connectivity index is 1.24. The van der Waals surface area contributed by atoms with Gasteiger partial charge in [0, 0.05) is 35.6 Å². The van der Waals surface area contributed by atoms with Gasteiger partial charge in [0.1, 0.15) is 5.65 Å². The molecule has 0 atom stereocenters. The Hall–Kier alpha value is -3.19. The van der Waals surface area contributed by atoms with Gasteiger partial charge >= 0.3 is 0 Å². The fraction of sp³-hybridized carbons (Fsp3) is 0.423. The van der Waals surface area contributed by atoms with Crippen LogP contribution in [0, 0.1) is 5.92 Å². The average Bonchev–Trinajstić information content (AvgIpc) is 3.62. The SMILES string of the molecule is c1cc2c(-c3cnn(CC4CCCC4)c3)nc(Nc3ccc(C4CCNCC4)cc3)nc2[nH]1. The Morgan fingerprint density at radius 1 is 0.970 bits per heavy atom. The first-order valence-corrected chi connectivity index (χ1v) is 12.3. The molecule has 0 radical (unpaired) electrons. The number of hydrogen-bond acceptors (Lipinski definition) is 5. The monoisotopic (exact) mass is 441 g/mol. The molecule has 2 aliphatic rings. The van der Waals surface area contributed by atoms with Crippen molar-refractivity contribution in [1.82, 2.24) is 30.0 Å². The van der Waals surface area contributed by atoms with Crippen molar-refractivity contribution >= 4 is 22.7 Å². The molecule has 3 N–H and O–H groups in total. The highest BCUT2D eigenvalue weighted by Gasteiger charge is 2.18. The second-order valence-corrected chi connectivity index (χ2v) is 9.51. The summed E-state index contributed by atoms with van der Waals surface area (Å²) in [4.78, 5) is 12.8. The molecule has 1 aliphatic carbocycles. The number of hydrogen-bond donors (Lipinski definition) is 3. The predicted octanol–water partition coefficient (Wildman–Crippen LogP) is 5.22. The summed E-state index contributed by atoms with van der Waals surface area (Å²) in [5.41, 5.74) is 5.19. The summed E-state index contributed by atoms with van der Waals surface area (Å²) in [5, 5.41) is 12.5. The zero-order chi connectivity index (χ0) is 22.0. The van der Waals surface area contributed by atoms with E-state index in [2.05, 4.69) is 55.9 Å². The highest BCUT2D eigenvalue weighted by atomic mass is 15.3. The normalized spacial score (nSPS) is 17.7. The van der Waals surface area contributed by atoms with Crippen LogP contribution in [0.15, 0.2) is 48.9 Å². The van der Waals surface area contributed by atoms with Crippen molar-refractivity contribution in [2.24, 2.45) is 5.92 Å². The van der Waals surface area contributed by atoms with Crippen LogP contribution in [0.3, 0.4) is 0 Å². The lowest BCUT2D eigenvalue weighted by Gasteiger charge is -2.23. The lowest BCUT2D eigenvalue weighted by atomic mass is 9.90. The quantitative estimate of drug-likeness (QED) is 0.382. The summed E-state index contributed by atoms with van der Waals surface area (Å²) in [6.45, 7) is 3.21. The van der Waals surface area contributed by atoms with Crippen molar-refractivity contribution < 1.29 is 0 Å². The topological polar surface area (TPSA) is 83.4 Å². The number of benzene rings is 1. The minimum Gasteiger partial charge on any atom is -0.346 e. The van der Waals surface area contributed by atoms with Gasteiger partial charge in [-0.1, -0.05) is 25.0 Å². The summed E-state index contributed by atoms with van der Waals surface area (Å²) >= 11 is 0. The van der Waals surface area contributed by atoms with E-state index in [1.165, 1.54) is 44.1 Å². The van der Waals surface area contributed by atoms with Crippen LogP contribution in [0.2, 0.25) is 0 Å². The zero-order valence-corrected chi connectivity index (χ0v) is 18.9. The van der Waals surface area contributed by atoms with Gasteiger partial charge in [0.05, 0.1) is 11.9 Å². The fourth-order valence-electron chi connectivity index (χ4n) is 5.38. The van der Waals surface area contributed by atoms with E-state index in [4.69, 9.17) is 9.97 Å². The second-order valence-electron chi connectivity index (χ2n) is 9.51. The molecule has 1 saturated carbocycles. The average molecular weight is 442 g/mol. The molecule has 0 amide bonds. The molecule has 7 heteroatoms. The van der Waals surface area contributed by atoms with Crippen LogP contribution < -0.4 is 10.6 Å². The molecule has 0 spiro atoms. The van der Waals surface area contributed by atoms with E-state index < -0.39 is 0 Å². The third-order valence-corrected chi connectivity index (χ3v) is 7.22. The Morgan fingerprint density at radius 2 is 1.79 bits per heavy atom. The number of rotatable bonds is 6. The lowest BCUT2D eigenvalue weighted by molar-refractivity contribution is 0.429. The Bertz CT molecular complexity index is 1210. The van der Waals surface area contributed by atoms with Crippen molar-refractivity contribution in [2.45, 2.75) is 51.0 Å². The minimum absolute atomic E-state index is 0.595. The van der Waals surface area contributed by atoms with Crippen LogP contribution in [0.4, 0.5) is 11.6 Å². The smallest absolute Gasteiger partial charge is 0.229 e. The summed E-state index contributed by atoms with van der Waals surface area (Å²) in [7, 11) is 0.